The number of hydrogen-bond donors (Lipinski definition) is 9. The topological polar surface area (TPSA) is 226 Å². The van der Waals surface area contributed by atoms with Crippen LogP contribution >= 0.6 is 7.82 Å². The highest BCUT2D eigenvalue weighted by molar-refractivity contribution is 7.47. The van der Waals surface area contributed by atoms with Gasteiger partial charge < -0.3 is 46.0 Å². The number of aliphatic hydroxyl groups excluding tert-OH is 7. The van der Waals surface area contributed by atoms with E-state index in [2.05, 4.69) is 43.5 Å². The molecule has 14 heteroatoms. The van der Waals surface area contributed by atoms with Gasteiger partial charge in [-0.15, -0.1) is 0 Å². The Kier molecular flexibility index (Phi) is 36.9. The Bertz CT molecular complexity index is 1180. The lowest BCUT2D eigenvalue weighted by Gasteiger charge is -2.41. The van der Waals surface area contributed by atoms with Gasteiger partial charge in [0.1, 0.15) is 36.6 Å². The molecule has 1 amide bonds. The van der Waals surface area contributed by atoms with Crippen molar-refractivity contribution in [1.29, 1.82) is 0 Å². The van der Waals surface area contributed by atoms with E-state index in [0.29, 0.717) is 12.8 Å². The number of aliphatic hydroxyl groups is 7. The lowest BCUT2D eigenvalue weighted by molar-refractivity contribution is -0.220. The van der Waals surface area contributed by atoms with Crippen LogP contribution in [0.4, 0.5) is 0 Å². The van der Waals surface area contributed by atoms with Crippen molar-refractivity contribution >= 4 is 13.7 Å². The van der Waals surface area contributed by atoms with E-state index in [1.807, 2.05) is 0 Å². The van der Waals surface area contributed by atoms with Gasteiger partial charge in [-0.25, -0.2) is 4.57 Å². The van der Waals surface area contributed by atoms with Crippen molar-refractivity contribution in [2.75, 3.05) is 6.61 Å². The summed E-state index contributed by atoms with van der Waals surface area (Å²) in [4.78, 5) is 23.5. The Morgan fingerprint density at radius 3 is 1.38 bits per heavy atom. The number of carbonyl (C=O) groups excluding carboxylic acids is 1. The number of phosphoric ester groups is 1. The van der Waals surface area contributed by atoms with Gasteiger partial charge in [0.25, 0.3) is 0 Å². The van der Waals surface area contributed by atoms with Crippen molar-refractivity contribution in [1.82, 2.24) is 5.32 Å². The van der Waals surface area contributed by atoms with Crippen molar-refractivity contribution in [3.63, 3.8) is 0 Å². The first-order valence-electron chi connectivity index (χ1n) is 25.4. The molecule has 0 spiro atoms. The predicted octanol–water partition coefficient (Wildman–Crippen LogP) is 9.15. The Balaban J connectivity index is 2.44. The number of nitrogens with one attached hydrogen (secondary N) is 1. The van der Waals surface area contributed by atoms with Crippen LogP contribution in [-0.4, -0.2) is 108 Å². The van der Waals surface area contributed by atoms with E-state index < -0.39 is 75.2 Å². The summed E-state index contributed by atoms with van der Waals surface area (Å²) in [5, 5.41) is 74.7. The number of amides is 1. The summed E-state index contributed by atoms with van der Waals surface area (Å²) in [7, 11) is -5.12. The Hall–Kier alpha value is -1.22. The second-order valence-corrected chi connectivity index (χ2v) is 19.6. The molecule has 8 unspecified atom stereocenters. The first kappa shape index (κ1) is 59.8. The molecule has 0 aromatic rings. The molecule has 0 saturated heterocycles. The molecule has 1 aliphatic carbocycles. The molecule has 0 aromatic carbocycles. The first-order valence-corrected chi connectivity index (χ1v) is 26.9. The molecule has 0 aliphatic heterocycles. The Morgan fingerprint density at radius 1 is 0.556 bits per heavy atom. The fourth-order valence-corrected chi connectivity index (χ4v) is 9.13. The maximum absolute atomic E-state index is 13.0. The lowest BCUT2D eigenvalue weighted by Crippen LogP contribution is -2.64. The van der Waals surface area contributed by atoms with Gasteiger partial charge >= 0.3 is 7.82 Å². The summed E-state index contributed by atoms with van der Waals surface area (Å²) >= 11 is 0. The molecule has 1 saturated carbocycles. The van der Waals surface area contributed by atoms with E-state index in [1.165, 1.54) is 109 Å². The van der Waals surface area contributed by atoms with E-state index in [0.717, 1.165) is 70.6 Å². The molecular formula is C49H94NO12P. The normalized spacial score (nSPS) is 23.0. The van der Waals surface area contributed by atoms with Crippen LogP contribution in [-0.2, 0) is 18.4 Å². The maximum atomic E-state index is 13.0. The lowest BCUT2D eigenvalue weighted by atomic mass is 9.85. The minimum atomic E-state index is -5.12. The standard InChI is InChI=1S/C49H94NO12P/c1-3-5-7-9-11-13-15-17-18-19-20-21-22-23-24-25-26-28-30-32-34-36-40(51)38-43(53)50-41(42(52)37-35-33-31-29-27-16-14-12-10-8-6-4-2)39-61-63(59,60)62-49-47(57)45(55)44(54)46(56)48(49)58/h20-21,23-24,40-42,44-49,51-52,54-58H,3-19,22,25-39H2,1-2H3,(H,50,53)(H,59,60)/b21-20-,24-23-. The average Bonchev–Trinajstić information content (AvgIpc) is 3.26. The van der Waals surface area contributed by atoms with Gasteiger partial charge in [-0.2, -0.15) is 0 Å². The highest BCUT2D eigenvalue weighted by Crippen LogP contribution is 2.47. The van der Waals surface area contributed by atoms with Crippen LogP contribution in [0.1, 0.15) is 219 Å². The van der Waals surface area contributed by atoms with E-state index in [1.54, 1.807) is 0 Å². The maximum Gasteiger partial charge on any atom is 0.472 e. The second-order valence-electron chi connectivity index (χ2n) is 18.2. The molecule has 8 atom stereocenters. The van der Waals surface area contributed by atoms with Crippen LogP contribution in [0.5, 0.6) is 0 Å². The minimum absolute atomic E-state index is 0.230. The molecular weight excluding hydrogens is 826 g/mol. The van der Waals surface area contributed by atoms with Crippen molar-refractivity contribution in [3.8, 4) is 0 Å². The van der Waals surface area contributed by atoms with Crippen LogP contribution < -0.4 is 5.32 Å². The van der Waals surface area contributed by atoms with Gasteiger partial charge in [0.05, 0.1) is 31.3 Å². The zero-order chi connectivity index (χ0) is 46.6. The monoisotopic (exact) mass is 920 g/mol. The summed E-state index contributed by atoms with van der Waals surface area (Å²) < 4.78 is 22.9. The van der Waals surface area contributed by atoms with E-state index in [4.69, 9.17) is 9.05 Å². The fraction of sp³-hybridized carbons (Fsp3) is 0.898. The van der Waals surface area contributed by atoms with Crippen molar-refractivity contribution in [3.05, 3.63) is 24.3 Å². The van der Waals surface area contributed by atoms with Gasteiger partial charge in [0.15, 0.2) is 0 Å². The van der Waals surface area contributed by atoms with Crippen LogP contribution in [0.25, 0.3) is 0 Å². The van der Waals surface area contributed by atoms with Crippen molar-refractivity contribution in [2.45, 2.75) is 274 Å². The summed E-state index contributed by atoms with van der Waals surface area (Å²) in [6, 6.07) is -1.16. The molecule has 63 heavy (non-hydrogen) atoms. The van der Waals surface area contributed by atoms with E-state index in [9.17, 15) is 50.0 Å². The molecule has 1 rings (SSSR count). The number of hydrogen-bond acceptors (Lipinski definition) is 11. The summed E-state index contributed by atoms with van der Waals surface area (Å²) in [5.41, 5.74) is 0. The third kappa shape index (κ3) is 30.6. The highest BCUT2D eigenvalue weighted by atomic mass is 31.2. The average molecular weight is 920 g/mol. The van der Waals surface area contributed by atoms with Crippen LogP contribution in [0.3, 0.4) is 0 Å². The molecule has 0 radical (unpaired) electrons. The SMILES string of the molecule is CCCCCCCCCCC/C=C\C/C=C\CCCCCCCC(O)CC(=O)NC(COP(=O)(O)OC1C(O)C(O)C(O)C(O)C1O)C(O)CCCCCCCCCCCCCC. The number of carbonyl (C=O) groups is 1. The van der Waals surface area contributed by atoms with Gasteiger partial charge in [-0.1, -0.05) is 192 Å². The summed E-state index contributed by atoms with van der Waals surface area (Å²) in [6.07, 6.45) is 29.4. The Labute approximate surface area is 382 Å². The van der Waals surface area contributed by atoms with E-state index >= 15 is 0 Å². The number of allylic oxidation sites excluding steroid dienone is 4. The van der Waals surface area contributed by atoms with E-state index in [-0.39, 0.29) is 12.8 Å². The van der Waals surface area contributed by atoms with Crippen molar-refractivity contribution < 1.29 is 59.0 Å². The highest BCUT2D eigenvalue weighted by Gasteiger charge is 2.51. The zero-order valence-corrected chi connectivity index (χ0v) is 40.4. The van der Waals surface area contributed by atoms with Crippen LogP contribution in [0.15, 0.2) is 24.3 Å². The van der Waals surface area contributed by atoms with Gasteiger partial charge in [0.2, 0.25) is 5.91 Å². The predicted molar refractivity (Wildman–Crippen MR) is 252 cm³/mol. The molecule has 9 N–H and O–H groups in total. The second kappa shape index (κ2) is 38.8. The third-order valence-electron chi connectivity index (χ3n) is 12.3. The largest absolute Gasteiger partial charge is 0.472 e. The van der Waals surface area contributed by atoms with Gasteiger partial charge in [0, 0.05) is 0 Å². The first-order chi connectivity index (χ1) is 30.3. The minimum Gasteiger partial charge on any atom is -0.393 e. The number of unbranched alkanes of at least 4 members (excludes halogenated alkanes) is 25. The molecule has 1 fully saturated rings. The molecule has 1 aliphatic rings. The molecule has 13 nitrogen and oxygen atoms in total. The van der Waals surface area contributed by atoms with Gasteiger partial charge in [-0.05, 0) is 44.9 Å². The Morgan fingerprint density at radius 2 is 0.937 bits per heavy atom. The quantitative estimate of drug-likeness (QED) is 0.0159. The number of rotatable bonds is 42. The van der Waals surface area contributed by atoms with Gasteiger partial charge in [-0.3, -0.25) is 13.8 Å². The summed E-state index contributed by atoms with van der Waals surface area (Å²) in [5.74, 6) is -0.568. The molecule has 0 aromatic heterocycles. The molecule has 0 bridgehead atoms. The third-order valence-corrected chi connectivity index (χ3v) is 13.3. The van der Waals surface area contributed by atoms with Crippen LogP contribution in [0, 0.1) is 0 Å². The fourth-order valence-electron chi connectivity index (χ4n) is 8.16. The summed E-state index contributed by atoms with van der Waals surface area (Å²) in [6.45, 7) is 3.79. The molecule has 0 heterocycles. The van der Waals surface area contributed by atoms with Crippen LogP contribution in [0.2, 0.25) is 0 Å². The van der Waals surface area contributed by atoms with Crippen molar-refractivity contribution in [2.24, 2.45) is 0 Å². The zero-order valence-electron chi connectivity index (χ0n) is 39.5. The smallest absolute Gasteiger partial charge is 0.393 e. The molecule has 372 valence electrons. The number of phosphoric acid groups is 1.